The Morgan fingerprint density at radius 2 is 1.97 bits per heavy atom. The van der Waals surface area contributed by atoms with Crippen LogP contribution in [0.5, 0.6) is 0 Å². The van der Waals surface area contributed by atoms with Crippen molar-refractivity contribution in [2.45, 2.75) is 0 Å². The number of hydrogen-bond donors (Lipinski definition) is 2. The normalized spacial score (nSPS) is 10.8. The quantitative estimate of drug-likeness (QED) is 0.201. The molecular weight excluding hydrogens is 601 g/mol. The van der Waals surface area contributed by atoms with E-state index in [0.717, 1.165) is 13.6 Å². The van der Waals surface area contributed by atoms with Gasteiger partial charge in [-0.05, 0) is 105 Å². The average Bonchev–Trinajstić information content (AvgIpc) is 3.12. The number of hydrogen-bond acceptors (Lipinski definition) is 4. The zero-order valence-corrected chi connectivity index (χ0v) is 20.4. The summed E-state index contributed by atoms with van der Waals surface area (Å²) >= 11 is 17.0. The minimum atomic E-state index is -0.344. The van der Waals surface area contributed by atoms with Gasteiger partial charge >= 0.3 is 0 Å². The lowest BCUT2D eigenvalue weighted by molar-refractivity contribution is 0.0977. The van der Waals surface area contributed by atoms with Gasteiger partial charge in [0.15, 0.2) is 10.7 Å². The molecule has 2 N–H and O–H groups in total. The Morgan fingerprint density at radius 1 is 1.13 bits per heavy atom. The van der Waals surface area contributed by atoms with E-state index < -0.39 is 0 Å². The van der Waals surface area contributed by atoms with Crippen LogP contribution in [0.15, 0.2) is 69.6 Å². The molecule has 150 valence electrons. The monoisotopic (exact) mass is 611 g/mol. The third-order valence-corrected chi connectivity index (χ3v) is 5.92. The van der Waals surface area contributed by atoms with E-state index in [-0.39, 0.29) is 11.0 Å². The molecule has 4 aromatic rings. The zero-order valence-electron chi connectivity index (χ0n) is 15.1. The second-order valence-electron chi connectivity index (χ2n) is 6.24. The minimum Gasteiger partial charge on any atom is -0.436 e. The Balaban J connectivity index is 1.51. The largest absolute Gasteiger partial charge is 0.436 e. The summed E-state index contributed by atoms with van der Waals surface area (Å²) in [5.74, 6) is 0.174. The Morgan fingerprint density at radius 3 is 2.77 bits per heavy atom. The molecule has 0 fully saturated rings. The number of carbonyl (C=O) groups excluding carboxylic acids is 1. The molecule has 30 heavy (non-hydrogen) atoms. The van der Waals surface area contributed by atoms with Crippen LogP contribution in [0.25, 0.3) is 22.6 Å². The third-order valence-electron chi connectivity index (χ3n) is 4.12. The van der Waals surface area contributed by atoms with Gasteiger partial charge in [-0.15, -0.1) is 0 Å². The van der Waals surface area contributed by atoms with Crippen LogP contribution in [-0.2, 0) is 0 Å². The second-order valence-corrected chi connectivity index (χ2v) is 9.19. The van der Waals surface area contributed by atoms with E-state index in [1.54, 1.807) is 36.4 Å². The molecule has 3 aromatic carbocycles. The van der Waals surface area contributed by atoms with Crippen LogP contribution in [0, 0.1) is 3.57 Å². The summed E-state index contributed by atoms with van der Waals surface area (Å²) < 4.78 is 7.88. The molecule has 0 saturated carbocycles. The number of aromatic nitrogens is 1. The summed E-state index contributed by atoms with van der Waals surface area (Å²) in [6.45, 7) is 0. The zero-order chi connectivity index (χ0) is 21.3. The number of benzene rings is 3. The van der Waals surface area contributed by atoms with Gasteiger partial charge in [-0.3, -0.25) is 10.1 Å². The van der Waals surface area contributed by atoms with Crippen LogP contribution in [-0.4, -0.2) is 16.0 Å². The lowest BCUT2D eigenvalue weighted by Crippen LogP contribution is -2.34. The van der Waals surface area contributed by atoms with Gasteiger partial charge in [0.05, 0.1) is 5.56 Å². The number of nitrogens with one attached hydrogen (secondary N) is 2. The summed E-state index contributed by atoms with van der Waals surface area (Å²) in [5, 5.41) is 6.28. The highest BCUT2D eigenvalue weighted by molar-refractivity contribution is 14.1. The van der Waals surface area contributed by atoms with Crippen molar-refractivity contribution >= 4 is 90.1 Å². The molecule has 5 nitrogen and oxygen atoms in total. The molecule has 0 aliphatic carbocycles. The van der Waals surface area contributed by atoms with Crippen LogP contribution < -0.4 is 10.6 Å². The van der Waals surface area contributed by atoms with E-state index in [9.17, 15) is 4.79 Å². The molecule has 1 amide bonds. The van der Waals surface area contributed by atoms with Crippen molar-refractivity contribution in [2.75, 3.05) is 5.32 Å². The molecule has 0 aliphatic heterocycles. The Hall–Kier alpha value is -2.01. The first-order chi connectivity index (χ1) is 14.4. The second kappa shape index (κ2) is 9.01. The van der Waals surface area contributed by atoms with E-state index >= 15 is 0 Å². The first-order valence-electron chi connectivity index (χ1n) is 8.63. The number of fused-ring (bicyclic) bond motifs is 1. The fraction of sp³-hybridized carbons (Fsp3) is 0. The van der Waals surface area contributed by atoms with Gasteiger partial charge in [0.25, 0.3) is 5.91 Å². The SMILES string of the molecule is O=C(NC(=S)Nc1ccc2oc(-c3cc(I)ccc3Br)nc2c1)c1cccc(Cl)c1. The van der Waals surface area contributed by atoms with Gasteiger partial charge in [-0.1, -0.05) is 17.7 Å². The molecule has 0 aliphatic rings. The number of halogens is 3. The minimum absolute atomic E-state index is 0.170. The summed E-state index contributed by atoms with van der Waals surface area (Å²) in [6, 6.07) is 18.0. The number of nitrogens with zero attached hydrogens (tertiary/aromatic N) is 1. The number of anilines is 1. The van der Waals surface area contributed by atoms with E-state index in [2.05, 4.69) is 54.1 Å². The van der Waals surface area contributed by atoms with E-state index in [1.807, 2.05) is 24.3 Å². The molecule has 1 aromatic heterocycles. The van der Waals surface area contributed by atoms with Crippen molar-refractivity contribution in [1.82, 2.24) is 10.3 Å². The molecule has 0 saturated heterocycles. The number of carbonyl (C=O) groups is 1. The summed E-state index contributed by atoms with van der Waals surface area (Å²) in [5.41, 5.74) is 3.30. The Bertz CT molecular complexity index is 1290. The molecular formula is C21H12BrClIN3O2S. The van der Waals surface area contributed by atoms with E-state index in [4.69, 9.17) is 28.2 Å². The van der Waals surface area contributed by atoms with Crippen molar-refractivity contribution in [3.05, 3.63) is 79.3 Å². The summed E-state index contributed by atoms with van der Waals surface area (Å²) in [4.78, 5) is 16.9. The first kappa shape index (κ1) is 21.2. The predicted octanol–water partition coefficient (Wildman–Crippen LogP) is 6.64. The number of rotatable bonds is 3. The lowest BCUT2D eigenvalue weighted by Gasteiger charge is -2.09. The molecule has 4 rings (SSSR count). The highest BCUT2D eigenvalue weighted by atomic mass is 127. The van der Waals surface area contributed by atoms with Gasteiger partial charge in [0.2, 0.25) is 5.89 Å². The average molecular weight is 613 g/mol. The molecule has 0 spiro atoms. The molecule has 0 atom stereocenters. The van der Waals surface area contributed by atoms with Crippen molar-refractivity contribution in [3.63, 3.8) is 0 Å². The highest BCUT2D eigenvalue weighted by Crippen LogP contribution is 2.32. The number of amides is 1. The molecule has 0 unspecified atom stereocenters. The fourth-order valence-corrected chi connectivity index (χ4v) is 4.06. The first-order valence-corrected chi connectivity index (χ1v) is 11.3. The van der Waals surface area contributed by atoms with Crippen molar-refractivity contribution in [3.8, 4) is 11.5 Å². The van der Waals surface area contributed by atoms with Gasteiger partial charge in [-0.2, -0.15) is 0 Å². The summed E-state index contributed by atoms with van der Waals surface area (Å²) in [7, 11) is 0. The van der Waals surface area contributed by atoms with E-state index in [0.29, 0.717) is 33.3 Å². The lowest BCUT2D eigenvalue weighted by atomic mass is 10.2. The summed E-state index contributed by atoms with van der Waals surface area (Å²) in [6.07, 6.45) is 0. The van der Waals surface area contributed by atoms with Gasteiger partial charge in [-0.25, -0.2) is 4.98 Å². The Labute approximate surface area is 204 Å². The van der Waals surface area contributed by atoms with Crippen molar-refractivity contribution in [2.24, 2.45) is 0 Å². The van der Waals surface area contributed by atoms with E-state index in [1.165, 1.54) is 0 Å². The fourth-order valence-electron chi connectivity index (χ4n) is 2.75. The van der Waals surface area contributed by atoms with Crippen LogP contribution in [0.4, 0.5) is 5.69 Å². The predicted molar refractivity (Wildman–Crippen MR) is 135 cm³/mol. The topological polar surface area (TPSA) is 67.2 Å². The number of oxazole rings is 1. The van der Waals surface area contributed by atoms with Crippen LogP contribution >= 0.6 is 62.3 Å². The van der Waals surface area contributed by atoms with Crippen LogP contribution in [0.1, 0.15) is 10.4 Å². The molecule has 1 heterocycles. The Kier molecular flexibility index (Phi) is 6.37. The smallest absolute Gasteiger partial charge is 0.257 e. The van der Waals surface area contributed by atoms with Gasteiger partial charge in [0.1, 0.15) is 5.52 Å². The molecule has 9 heteroatoms. The highest BCUT2D eigenvalue weighted by Gasteiger charge is 2.13. The van der Waals surface area contributed by atoms with Crippen LogP contribution in [0.2, 0.25) is 5.02 Å². The maximum atomic E-state index is 12.3. The third kappa shape index (κ3) is 4.83. The maximum Gasteiger partial charge on any atom is 0.257 e. The van der Waals surface area contributed by atoms with Gasteiger partial charge in [0, 0.05) is 24.3 Å². The standard InChI is InChI=1S/C21H12BrClIN3O2S/c22-16-6-4-13(24)9-15(16)20-26-17-10-14(5-7-18(17)29-20)25-21(30)27-19(28)11-2-1-3-12(23)8-11/h1-10H,(H2,25,27,28,30). The van der Waals surface area contributed by atoms with Crippen molar-refractivity contribution < 1.29 is 9.21 Å². The molecule has 0 radical (unpaired) electrons. The molecule has 0 bridgehead atoms. The number of thiocarbonyl (C=S) groups is 1. The van der Waals surface area contributed by atoms with Crippen molar-refractivity contribution in [1.29, 1.82) is 0 Å². The van der Waals surface area contributed by atoms with Crippen LogP contribution in [0.3, 0.4) is 0 Å². The maximum absolute atomic E-state index is 12.3. The van der Waals surface area contributed by atoms with Gasteiger partial charge < -0.3 is 9.73 Å².